The van der Waals surface area contributed by atoms with Crippen molar-refractivity contribution in [3.05, 3.63) is 34.4 Å². The van der Waals surface area contributed by atoms with Crippen LogP contribution in [-0.2, 0) is 0 Å². The molecular formula is C12H19NO. The van der Waals surface area contributed by atoms with Crippen LogP contribution in [0.4, 0.5) is 0 Å². The molecule has 0 saturated carbocycles. The first kappa shape index (κ1) is 11.2. The van der Waals surface area contributed by atoms with Gasteiger partial charge in [-0.15, -0.1) is 0 Å². The van der Waals surface area contributed by atoms with Crippen molar-refractivity contribution in [3.63, 3.8) is 0 Å². The zero-order valence-corrected chi connectivity index (χ0v) is 9.17. The first-order valence-electron chi connectivity index (χ1n) is 5.00. The first-order chi connectivity index (χ1) is 6.56. The Morgan fingerprint density at radius 2 is 1.71 bits per heavy atom. The molecule has 0 bridgehead atoms. The van der Waals surface area contributed by atoms with E-state index in [1.165, 1.54) is 22.3 Å². The van der Waals surface area contributed by atoms with Crippen molar-refractivity contribution in [1.29, 1.82) is 0 Å². The lowest BCUT2D eigenvalue weighted by Crippen LogP contribution is -2.15. The van der Waals surface area contributed by atoms with Crippen molar-refractivity contribution in [3.8, 4) is 0 Å². The van der Waals surface area contributed by atoms with Crippen LogP contribution in [0.1, 0.15) is 34.7 Å². The highest BCUT2D eigenvalue weighted by atomic mass is 16.3. The summed E-state index contributed by atoms with van der Waals surface area (Å²) in [5.74, 6) is 0. The molecule has 0 radical (unpaired) electrons. The van der Waals surface area contributed by atoms with Gasteiger partial charge in [0.05, 0.1) is 0 Å². The minimum atomic E-state index is -0.0411. The average Bonchev–Trinajstić information content (AvgIpc) is 2.01. The van der Waals surface area contributed by atoms with Gasteiger partial charge in [-0.2, -0.15) is 0 Å². The van der Waals surface area contributed by atoms with Crippen molar-refractivity contribution in [1.82, 2.24) is 0 Å². The monoisotopic (exact) mass is 193 g/mol. The molecular weight excluding hydrogens is 174 g/mol. The second-order valence-corrected chi connectivity index (χ2v) is 3.93. The molecule has 0 spiro atoms. The highest BCUT2D eigenvalue weighted by molar-refractivity contribution is 5.39. The lowest BCUT2D eigenvalue weighted by atomic mass is 9.93. The van der Waals surface area contributed by atoms with Gasteiger partial charge in [-0.3, -0.25) is 0 Å². The lowest BCUT2D eigenvalue weighted by Gasteiger charge is -2.17. The number of hydrogen-bond donors (Lipinski definition) is 2. The molecule has 2 heteroatoms. The highest BCUT2D eigenvalue weighted by Gasteiger charge is 2.11. The Bertz CT molecular complexity index is 297. The van der Waals surface area contributed by atoms with Gasteiger partial charge >= 0.3 is 0 Å². The third kappa shape index (κ3) is 2.34. The van der Waals surface area contributed by atoms with E-state index in [1.807, 2.05) is 0 Å². The van der Waals surface area contributed by atoms with Crippen LogP contribution >= 0.6 is 0 Å². The molecule has 0 aliphatic carbocycles. The van der Waals surface area contributed by atoms with Crippen LogP contribution in [0.5, 0.6) is 0 Å². The molecule has 1 aromatic rings. The molecule has 1 aromatic carbocycles. The molecule has 14 heavy (non-hydrogen) atoms. The second-order valence-electron chi connectivity index (χ2n) is 3.93. The molecule has 0 saturated heterocycles. The summed E-state index contributed by atoms with van der Waals surface area (Å²) < 4.78 is 0. The Morgan fingerprint density at radius 3 is 2.14 bits per heavy atom. The molecule has 2 nitrogen and oxygen atoms in total. The minimum absolute atomic E-state index is 0.0411. The summed E-state index contributed by atoms with van der Waals surface area (Å²) in [6.45, 7) is 6.38. The van der Waals surface area contributed by atoms with Crippen LogP contribution < -0.4 is 5.73 Å². The van der Waals surface area contributed by atoms with Crippen LogP contribution in [-0.4, -0.2) is 11.7 Å². The lowest BCUT2D eigenvalue weighted by molar-refractivity contribution is 0.276. The van der Waals surface area contributed by atoms with Crippen LogP contribution in [0.3, 0.4) is 0 Å². The maximum Gasteiger partial charge on any atom is 0.0449 e. The third-order valence-corrected chi connectivity index (χ3v) is 2.55. The molecule has 0 unspecified atom stereocenters. The fraction of sp³-hybridized carbons (Fsp3) is 0.500. The quantitative estimate of drug-likeness (QED) is 0.771. The molecule has 1 rings (SSSR count). The van der Waals surface area contributed by atoms with Gasteiger partial charge in [-0.25, -0.2) is 0 Å². The summed E-state index contributed by atoms with van der Waals surface area (Å²) in [5, 5.41) is 8.85. The van der Waals surface area contributed by atoms with E-state index in [0.717, 1.165) is 0 Å². The minimum Gasteiger partial charge on any atom is -0.396 e. The number of rotatable bonds is 3. The van der Waals surface area contributed by atoms with Gasteiger partial charge in [0.25, 0.3) is 0 Å². The van der Waals surface area contributed by atoms with Gasteiger partial charge in [-0.1, -0.05) is 17.7 Å². The Balaban J connectivity index is 3.07. The number of aliphatic hydroxyl groups excluding tert-OH is 1. The summed E-state index contributed by atoms with van der Waals surface area (Å²) in [7, 11) is 0. The van der Waals surface area contributed by atoms with Gasteiger partial charge in [0.15, 0.2) is 0 Å². The van der Waals surface area contributed by atoms with Crippen LogP contribution in [0.2, 0.25) is 0 Å². The average molecular weight is 193 g/mol. The molecule has 0 fully saturated rings. The molecule has 0 aliphatic rings. The molecule has 0 amide bonds. The summed E-state index contributed by atoms with van der Waals surface area (Å²) in [6.07, 6.45) is 0.630. The normalized spacial score (nSPS) is 12.9. The Morgan fingerprint density at radius 1 is 1.21 bits per heavy atom. The Hall–Kier alpha value is -0.860. The zero-order valence-electron chi connectivity index (χ0n) is 9.17. The number of aliphatic hydroxyl groups is 1. The number of aryl methyl sites for hydroxylation is 3. The zero-order chi connectivity index (χ0) is 10.7. The number of benzene rings is 1. The van der Waals surface area contributed by atoms with Gasteiger partial charge in [0.2, 0.25) is 0 Å². The van der Waals surface area contributed by atoms with E-state index >= 15 is 0 Å². The van der Waals surface area contributed by atoms with Crippen molar-refractivity contribution in [2.75, 3.05) is 6.61 Å². The second kappa shape index (κ2) is 4.58. The van der Waals surface area contributed by atoms with E-state index < -0.39 is 0 Å². The summed E-state index contributed by atoms with van der Waals surface area (Å²) >= 11 is 0. The SMILES string of the molecule is Cc1cc(C)c([C@@H](N)CCO)c(C)c1. The van der Waals surface area contributed by atoms with Crippen LogP contribution in [0.15, 0.2) is 12.1 Å². The topological polar surface area (TPSA) is 46.2 Å². The van der Waals surface area contributed by atoms with E-state index in [4.69, 9.17) is 10.8 Å². The largest absolute Gasteiger partial charge is 0.396 e. The predicted octanol–water partition coefficient (Wildman–Crippen LogP) is 1.99. The summed E-state index contributed by atoms with van der Waals surface area (Å²) in [4.78, 5) is 0. The molecule has 0 heterocycles. The van der Waals surface area contributed by atoms with Gasteiger partial charge < -0.3 is 10.8 Å². The summed E-state index contributed by atoms with van der Waals surface area (Å²) in [6, 6.07) is 4.24. The molecule has 1 atom stereocenters. The van der Waals surface area contributed by atoms with Gasteiger partial charge in [-0.05, 0) is 43.9 Å². The van der Waals surface area contributed by atoms with Crippen molar-refractivity contribution < 1.29 is 5.11 Å². The van der Waals surface area contributed by atoms with Crippen LogP contribution in [0, 0.1) is 20.8 Å². The number of nitrogens with two attached hydrogens (primary N) is 1. The van der Waals surface area contributed by atoms with Gasteiger partial charge in [0, 0.05) is 12.6 Å². The first-order valence-corrected chi connectivity index (χ1v) is 5.00. The van der Waals surface area contributed by atoms with E-state index in [1.54, 1.807) is 0 Å². The highest BCUT2D eigenvalue weighted by Crippen LogP contribution is 2.23. The summed E-state index contributed by atoms with van der Waals surface area (Å²) in [5.41, 5.74) is 10.9. The van der Waals surface area contributed by atoms with Gasteiger partial charge in [0.1, 0.15) is 0 Å². The predicted molar refractivity (Wildman–Crippen MR) is 59.3 cm³/mol. The van der Waals surface area contributed by atoms with Crippen molar-refractivity contribution in [2.24, 2.45) is 5.73 Å². The fourth-order valence-corrected chi connectivity index (χ4v) is 2.06. The Labute approximate surface area is 85.8 Å². The molecule has 0 aliphatic heterocycles. The third-order valence-electron chi connectivity index (χ3n) is 2.55. The molecule has 78 valence electrons. The van der Waals surface area contributed by atoms with Crippen molar-refractivity contribution >= 4 is 0 Å². The van der Waals surface area contributed by atoms with Crippen LogP contribution in [0.25, 0.3) is 0 Å². The maximum absolute atomic E-state index is 8.85. The number of hydrogen-bond acceptors (Lipinski definition) is 2. The fourth-order valence-electron chi connectivity index (χ4n) is 2.06. The standard InChI is InChI=1S/C12H19NO/c1-8-6-9(2)12(10(3)7-8)11(13)4-5-14/h6-7,11,14H,4-5,13H2,1-3H3/t11-/m0/s1. The molecule has 3 N–H and O–H groups in total. The maximum atomic E-state index is 8.85. The van der Waals surface area contributed by atoms with E-state index in [-0.39, 0.29) is 12.6 Å². The van der Waals surface area contributed by atoms with Crippen molar-refractivity contribution in [2.45, 2.75) is 33.2 Å². The molecule has 0 aromatic heterocycles. The van der Waals surface area contributed by atoms with E-state index in [9.17, 15) is 0 Å². The Kier molecular flexibility index (Phi) is 3.67. The van der Waals surface area contributed by atoms with E-state index in [0.29, 0.717) is 6.42 Å². The van der Waals surface area contributed by atoms with E-state index in [2.05, 4.69) is 32.9 Å². The smallest absolute Gasteiger partial charge is 0.0449 e.